The Labute approximate surface area is 55.5 Å². The molecule has 0 aromatic heterocycles. The first-order valence-electron chi connectivity index (χ1n) is 2.31. The standard InChI is InChI=1S/C3H4N5O2/c4-2-1(3(9)7-10)5-8-6-2/h10H,4H2,(H,7,9). The monoisotopic (exact) mass is 142 g/mol. The molecule has 4 N–H and O–H groups in total. The van der Waals surface area contributed by atoms with Crippen molar-refractivity contribution in [2.45, 2.75) is 0 Å². The van der Waals surface area contributed by atoms with Gasteiger partial charge in [0, 0.05) is 0 Å². The van der Waals surface area contributed by atoms with Crippen molar-refractivity contribution in [3.63, 3.8) is 0 Å². The van der Waals surface area contributed by atoms with E-state index in [0.717, 1.165) is 0 Å². The number of nitrogens with two attached hydrogens (primary N) is 1. The Morgan fingerprint density at radius 2 is 2.40 bits per heavy atom. The Morgan fingerprint density at radius 1 is 1.70 bits per heavy atom. The minimum absolute atomic E-state index is 0.105. The second kappa shape index (κ2) is 2.31. The summed E-state index contributed by atoms with van der Waals surface area (Å²) in [6.45, 7) is 0. The summed E-state index contributed by atoms with van der Waals surface area (Å²) in [7, 11) is 0. The number of rotatable bonds is 1. The van der Waals surface area contributed by atoms with Crippen molar-refractivity contribution in [1.82, 2.24) is 10.9 Å². The molecular formula is C3H4N5O2. The number of hydrogen-bond donors (Lipinski definition) is 3. The minimum Gasteiger partial charge on any atom is -0.380 e. The predicted octanol–water partition coefficient (Wildman–Crippen LogP) is -1.40. The quantitative estimate of drug-likeness (QED) is 0.309. The fraction of sp³-hybridized carbons (Fsp3) is 0. The lowest BCUT2D eigenvalue weighted by molar-refractivity contribution is -0.125. The fourth-order valence-corrected chi connectivity index (χ4v) is 0.429. The first-order valence-corrected chi connectivity index (χ1v) is 2.31. The molecule has 0 fully saturated rings. The maximum Gasteiger partial charge on any atom is 0.299 e. The van der Waals surface area contributed by atoms with Crippen LogP contribution in [0, 0.1) is 0 Å². The first kappa shape index (κ1) is 6.49. The van der Waals surface area contributed by atoms with Crippen LogP contribution >= 0.6 is 0 Å². The van der Waals surface area contributed by atoms with Crippen molar-refractivity contribution in [2.75, 3.05) is 0 Å². The van der Waals surface area contributed by atoms with E-state index in [2.05, 4.69) is 15.8 Å². The van der Waals surface area contributed by atoms with Crippen LogP contribution < -0.4 is 16.6 Å². The summed E-state index contributed by atoms with van der Waals surface area (Å²) in [6.07, 6.45) is 0. The minimum atomic E-state index is -0.817. The van der Waals surface area contributed by atoms with Gasteiger partial charge in [0.15, 0.2) is 11.5 Å². The van der Waals surface area contributed by atoms with Gasteiger partial charge in [0.25, 0.3) is 5.91 Å². The number of amides is 1. The molecule has 53 valence electrons. The molecule has 0 spiro atoms. The lowest BCUT2D eigenvalue weighted by atomic mass is 10.4. The molecule has 1 aliphatic heterocycles. The van der Waals surface area contributed by atoms with Gasteiger partial charge in [0.05, 0.1) is 0 Å². The zero-order chi connectivity index (χ0) is 7.56. The Balaban J connectivity index is 2.80. The Morgan fingerprint density at radius 3 is 2.80 bits per heavy atom. The zero-order valence-electron chi connectivity index (χ0n) is 4.77. The van der Waals surface area contributed by atoms with Crippen LogP contribution in [-0.4, -0.2) is 11.1 Å². The van der Waals surface area contributed by atoms with E-state index in [1.54, 1.807) is 0 Å². The summed E-state index contributed by atoms with van der Waals surface area (Å²) in [5.41, 5.74) is 9.51. The van der Waals surface area contributed by atoms with E-state index in [0.29, 0.717) is 0 Å². The molecule has 7 nitrogen and oxygen atoms in total. The smallest absolute Gasteiger partial charge is 0.299 e. The van der Waals surface area contributed by atoms with Gasteiger partial charge in [-0.2, -0.15) is 0 Å². The highest BCUT2D eigenvalue weighted by molar-refractivity contribution is 5.92. The van der Waals surface area contributed by atoms with Crippen LogP contribution in [0.2, 0.25) is 0 Å². The van der Waals surface area contributed by atoms with Crippen molar-refractivity contribution in [2.24, 2.45) is 16.1 Å². The lowest BCUT2D eigenvalue weighted by Crippen LogP contribution is -2.22. The second-order valence-corrected chi connectivity index (χ2v) is 1.46. The number of nitrogens with zero attached hydrogens (tertiary/aromatic N) is 3. The highest BCUT2D eigenvalue weighted by Gasteiger charge is 2.17. The molecule has 7 heteroatoms. The number of carbonyl (C=O) groups excluding carboxylic acids is 1. The van der Waals surface area contributed by atoms with Crippen LogP contribution in [0.5, 0.6) is 0 Å². The number of nitrogens with one attached hydrogen (secondary N) is 1. The van der Waals surface area contributed by atoms with Gasteiger partial charge in [-0.15, -0.1) is 10.5 Å². The van der Waals surface area contributed by atoms with Gasteiger partial charge in [-0.05, 0) is 5.22 Å². The Kier molecular flexibility index (Phi) is 1.50. The van der Waals surface area contributed by atoms with Gasteiger partial charge in [-0.3, -0.25) is 10.0 Å². The summed E-state index contributed by atoms with van der Waals surface area (Å²) >= 11 is 0. The molecule has 1 amide bonds. The van der Waals surface area contributed by atoms with E-state index in [-0.39, 0.29) is 11.5 Å². The van der Waals surface area contributed by atoms with Crippen molar-refractivity contribution >= 4 is 5.91 Å². The molecule has 0 aromatic carbocycles. The van der Waals surface area contributed by atoms with E-state index < -0.39 is 5.91 Å². The Hall–Kier alpha value is -1.63. The normalized spacial score (nSPS) is 15.3. The summed E-state index contributed by atoms with van der Waals surface area (Å²) < 4.78 is 0. The largest absolute Gasteiger partial charge is 0.380 e. The van der Waals surface area contributed by atoms with Crippen molar-refractivity contribution in [3.05, 3.63) is 11.5 Å². The molecule has 0 unspecified atom stereocenters. The van der Waals surface area contributed by atoms with Crippen LogP contribution in [0.1, 0.15) is 0 Å². The maximum absolute atomic E-state index is 10.5. The molecule has 10 heavy (non-hydrogen) atoms. The van der Waals surface area contributed by atoms with Gasteiger partial charge in [-0.25, -0.2) is 5.48 Å². The van der Waals surface area contributed by atoms with Crippen LogP contribution in [0.15, 0.2) is 21.9 Å². The molecule has 0 bridgehead atoms. The zero-order valence-corrected chi connectivity index (χ0v) is 4.77. The molecule has 0 atom stereocenters. The summed E-state index contributed by atoms with van der Waals surface area (Å²) in [5.74, 6) is -0.922. The van der Waals surface area contributed by atoms with Crippen LogP contribution in [0.4, 0.5) is 0 Å². The molecule has 0 aliphatic carbocycles. The third kappa shape index (κ3) is 0.890. The maximum atomic E-state index is 10.5. The average Bonchev–Trinajstić information content (AvgIpc) is 2.34. The van der Waals surface area contributed by atoms with Gasteiger partial charge in [0.2, 0.25) is 0 Å². The average molecular weight is 142 g/mol. The SMILES string of the molecule is NC1=C(C(=O)NO)N=N[N]1. The summed E-state index contributed by atoms with van der Waals surface area (Å²) in [6, 6.07) is 0. The van der Waals surface area contributed by atoms with Crippen LogP contribution in [0.25, 0.3) is 0 Å². The first-order chi connectivity index (χ1) is 4.75. The van der Waals surface area contributed by atoms with E-state index in [4.69, 9.17) is 10.9 Å². The second-order valence-electron chi connectivity index (χ2n) is 1.46. The van der Waals surface area contributed by atoms with Gasteiger partial charge < -0.3 is 5.73 Å². The topological polar surface area (TPSA) is 114 Å². The van der Waals surface area contributed by atoms with Gasteiger partial charge >= 0.3 is 0 Å². The van der Waals surface area contributed by atoms with E-state index >= 15 is 0 Å². The van der Waals surface area contributed by atoms with E-state index in [1.807, 2.05) is 0 Å². The van der Waals surface area contributed by atoms with E-state index in [1.165, 1.54) is 5.48 Å². The van der Waals surface area contributed by atoms with Gasteiger partial charge in [0.1, 0.15) is 0 Å². The number of carbonyl (C=O) groups is 1. The molecule has 1 radical (unpaired) electrons. The Bertz CT molecular complexity index is 219. The molecule has 0 saturated carbocycles. The molecule has 0 saturated heterocycles. The summed E-state index contributed by atoms with van der Waals surface area (Å²) in [5, 5.41) is 14.4. The number of hydrogen-bond acceptors (Lipinski definition) is 5. The van der Waals surface area contributed by atoms with Gasteiger partial charge in [-0.1, -0.05) is 0 Å². The molecule has 1 aliphatic rings. The highest BCUT2D eigenvalue weighted by atomic mass is 16.5. The summed E-state index contributed by atoms with van der Waals surface area (Å²) in [4.78, 5) is 10.5. The number of hydroxylamine groups is 1. The molecular weight excluding hydrogens is 138 g/mol. The third-order valence-electron chi connectivity index (χ3n) is 0.856. The molecule has 0 aromatic rings. The third-order valence-corrected chi connectivity index (χ3v) is 0.856. The molecule has 1 rings (SSSR count). The highest BCUT2D eigenvalue weighted by Crippen LogP contribution is 2.06. The lowest BCUT2D eigenvalue weighted by Gasteiger charge is -1.92. The predicted molar refractivity (Wildman–Crippen MR) is 28.1 cm³/mol. The fourth-order valence-electron chi connectivity index (χ4n) is 0.429. The van der Waals surface area contributed by atoms with Crippen molar-refractivity contribution in [3.8, 4) is 0 Å². The molecule has 1 heterocycles. The van der Waals surface area contributed by atoms with Crippen LogP contribution in [-0.2, 0) is 4.79 Å². The van der Waals surface area contributed by atoms with E-state index in [9.17, 15) is 4.79 Å². The van der Waals surface area contributed by atoms with Crippen molar-refractivity contribution < 1.29 is 10.0 Å². The van der Waals surface area contributed by atoms with Crippen LogP contribution in [0.3, 0.4) is 0 Å². The van der Waals surface area contributed by atoms with Crippen molar-refractivity contribution in [1.29, 1.82) is 0 Å².